The van der Waals surface area contributed by atoms with E-state index < -0.39 is 0 Å². The Hall–Kier alpha value is -1.68. The molecule has 4 nitrogen and oxygen atoms in total. The van der Waals surface area contributed by atoms with Gasteiger partial charge in [-0.15, -0.1) is 4.91 Å². The molecule has 2 aromatic rings. The molecule has 0 radical (unpaired) electrons. The Morgan fingerprint density at radius 1 is 1.35 bits per heavy atom. The molecule has 4 heteroatoms. The van der Waals surface area contributed by atoms with E-state index in [0.29, 0.717) is 5.69 Å². The standard InChI is InChI=1S/C13H17N3O/c1-13(2,14)6-8-16-7-5-10-9-11(15-17)3-4-12(10)16/h3-5,7,9H,6,8,14H2,1-2H3. The molecule has 0 spiro atoms. The van der Waals surface area contributed by atoms with Crippen LogP contribution in [-0.2, 0) is 6.54 Å². The van der Waals surface area contributed by atoms with E-state index in [0.717, 1.165) is 23.9 Å². The third kappa shape index (κ3) is 2.71. The lowest BCUT2D eigenvalue weighted by Crippen LogP contribution is -2.33. The van der Waals surface area contributed by atoms with Crippen LogP contribution in [0.5, 0.6) is 0 Å². The number of benzene rings is 1. The molecule has 90 valence electrons. The number of aryl methyl sites for hydroxylation is 1. The van der Waals surface area contributed by atoms with Crippen LogP contribution in [0.4, 0.5) is 5.69 Å². The highest BCUT2D eigenvalue weighted by Crippen LogP contribution is 2.22. The van der Waals surface area contributed by atoms with Gasteiger partial charge in [0.15, 0.2) is 0 Å². The normalized spacial score (nSPS) is 11.9. The first-order valence-electron chi connectivity index (χ1n) is 5.71. The summed E-state index contributed by atoms with van der Waals surface area (Å²) >= 11 is 0. The highest BCUT2D eigenvalue weighted by Gasteiger charge is 2.11. The van der Waals surface area contributed by atoms with Crippen LogP contribution in [-0.4, -0.2) is 10.1 Å². The molecule has 0 unspecified atom stereocenters. The Labute approximate surface area is 100 Å². The molecule has 0 aliphatic carbocycles. The number of hydrogen-bond acceptors (Lipinski definition) is 3. The number of nitroso groups, excluding NO2 is 1. The smallest absolute Gasteiger partial charge is 0.108 e. The summed E-state index contributed by atoms with van der Waals surface area (Å²) in [6.45, 7) is 4.92. The second-order valence-electron chi connectivity index (χ2n) is 5.08. The van der Waals surface area contributed by atoms with Crippen molar-refractivity contribution >= 4 is 16.6 Å². The van der Waals surface area contributed by atoms with Crippen molar-refractivity contribution in [1.29, 1.82) is 0 Å². The molecule has 0 saturated heterocycles. The van der Waals surface area contributed by atoms with Crippen molar-refractivity contribution in [2.45, 2.75) is 32.4 Å². The summed E-state index contributed by atoms with van der Waals surface area (Å²) in [6, 6.07) is 7.45. The summed E-state index contributed by atoms with van der Waals surface area (Å²) in [4.78, 5) is 10.4. The molecule has 1 aromatic heterocycles. The Bertz CT molecular complexity index is 537. The van der Waals surface area contributed by atoms with Crippen molar-refractivity contribution in [3.8, 4) is 0 Å². The second-order valence-corrected chi connectivity index (χ2v) is 5.08. The van der Waals surface area contributed by atoms with Crippen LogP contribution in [0.2, 0.25) is 0 Å². The van der Waals surface area contributed by atoms with Crippen molar-refractivity contribution in [2.24, 2.45) is 10.9 Å². The number of fused-ring (bicyclic) bond motifs is 1. The summed E-state index contributed by atoms with van der Waals surface area (Å²) in [5.41, 5.74) is 7.39. The zero-order chi connectivity index (χ0) is 12.5. The first-order valence-corrected chi connectivity index (χ1v) is 5.71. The van der Waals surface area contributed by atoms with Crippen LogP contribution in [0.3, 0.4) is 0 Å². The van der Waals surface area contributed by atoms with Gasteiger partial charge < -0.3 is 10.3 Å². The lowest BCUT2D eigenvalue weighted by Gasteiger charge is -2.18. The summed E-state index contributed by atoms with van der Waals surface area (Å²) in [7, 11) is 0. The van der Waals surface area contributed by atoms with Crippen molar-refractivity contribution in [1.82, 2.24) is 4.57 Å². The molecule has 0 aliphatic heterocycles. The van der Waals surface area contributed by atoms with Crippen LogP contribution in [0.15, 0.2) is 35.6 Å². The monoisotopic (exact) mass is 231 g/mol. The molecule has 1 aromatic carbocycles. The molecule has 1 heterocycles. The minimum absolute atomic E-state index is 0.166. The zero-order valence-corrected chi connectivity index (χ0v) is 10.2. The molecule has 0 bridgehead atoms. The van der Waals surface area contributed by atoms with Crippen LogP contribution in [0, 0.1) is 4.91 Å². The Morgan fingerprint density at radius 3 is 2.76 bits per heavy atom. The van der Waals surface area contributed by atoms with Gasteiger partial charge in [-0.2, -0.15) is 0 Å². The topological polar surface area (TPSA) is 60.4 Å². The van der Waals surface area contributed by atoms with Crippen molar-refractivity contribution < 1.29 is 0 Å². The maximum Gasteiger partial charge on any atom is 0.108 e. The highest BCUT2D eigenvalue weighted by atomic mass is 16.3. The fourth-order valence-electron chi connectivity index (χ4n) is 1.85. The van der Waals surface area contributed by atoms with E-state index in [1.165, 1.54) is 0 Å². The SMILES string of the molecule is CC(C)(N)CCn1ccc2cc(N=O)ccc21. The van der Waals surface area contributed by atoms with Crippen molar-refractivity contribution in [3.63, 3.8) is 0 Å². The maximum absolute atomic E-state index is 10.4. The Balaban J connectivity index is 2.27. The van der Waals surface area contributed by atoms with Gasteiger partial charge >= 0.3 is 0 Å². The quantitative estimate of drug-likeness (QED) is 0.821. The first-order chi connectivity index (χ1) is 7.99. The van der Waals surface area contributed by atoms with Crippen molar-refractivity contribution in [2.75, 3.05) is 0 Å². The molecule has 0 atom stereocenters. The molecule has 2 rings (SSSR count). The summed E-state index contributed by atoms with van der Waals surface area (Å²) in [5, 5.41) is 3.97. The Kier molecular flexibility index (Phi) is 2.98. The minimum Gasteiger partial charge on any atom is -0.347 e. The average molecular weight is 231 g/mol. The lowest BCUT2D eigenvalue weighted by atomic mass is 10.0. The van der Waals surface area contributed by atoms with E-state index in [-0.39, 0.29) is 5.54 Å². The molecule has 0 aliphatic rings. The van der Waals surface area contributed by atoms with Gasteiger partial charge in [-0.25, -0.2) is 0 Å². The molecule has 0 amide bonds. The average Bonchev–Trinajstić information content (AvgIpc) is 2.67. The van der Waals surface area contributed by atoms with E-state index in [9.17, 15) is 4.91 Å². The summed E-state index contributed by atoms with van der Waals surface area (Å²) in [6.07, 6.45) is 2.93. The van der Waals surface area contributed by atoms with E-state index in [1.54, 1.807) is 12.1 Å². The predicted octanol–water partition coefficient (Wildman–Crippen LogP) is 3.17. The number of rotatable bonds is 4. The Morgan fingerprint density at radius 2 is 2.12 bits per heavy atom. The number of aromatic nitrogens is 1. The summed E-state index contributed by atoms with van der Waals surface area (Å²) < 4.78 is 2.15. The van der Waals surface area contributed by atoms with Gasteiger partial charge in [-0.3, -0.25) is 0 Å². The molecular formula is C13H17N3O. The third-order valence-electron chi connectivity index (χ3n) is 2.86. The largest absolute Gasteiger partial charge is 0.347 e. The van der Waals surface area contributed by atoms with Crippen LogP contribution in [0.25, 0.3) is 10.9 Å². The van der Waals surface area contributed by atoms with E-state index in [2.05, 4.69) is 9.74 Å². The highest BCUT2D eigenvalue weighted by molar-refractivity contribution is 5.83. The van der Waals surface area contributed by atoms with Gasteiger partial charge in [0.2, 0.25) is 0 Å². The van der Waals surface area contributed by atoms with Gasteiger partial charge in [0.05, 0.1) is 0 Å². The van der Waals surface area contributed by atoms with Crippen LogP contribution >= 0.6 is 0 Å². The predicted molar refractivity (Wildman–Crippen MR) is 70.3 cm³/mol. The van der Waals surface area contributed by atoms with Crippen molar-refractivity contribution in [3.05, 3.63) is 35.4 Å². The van der Waals surface area contributed by atoms with Gasteiger partial charge in [0.1, 0.15) is 5.69 Å². The molecule has 2 N–H and O–H groups in total. The zero-order valence-electron chi connectivity index (χ0n) is 10.2. The first kappa shape index (κ1) is 11.8. The van der Waals surface area contributed by atoms with Gasteiger partial charge in [0, 0.05) is 29.2 Å². The fourth-order valence-corrected chi connectivity index (χ4v) is 1.85. The lowest BCUT2D eigenvalue weighted by molar-refractivity contribution is 0.441. The molecule has 17 heavy (non-hydrogen) atoms. The van der Waals surface area contributed by atoms with E-state index >= 15 is 0 Å². The third-order valence-corrected chi connectivity index (χ3v) is 2.86. The number of nitrogens with zero attached hydrogens (tertiary/aromatic N) is 2. The molecular weight excluding hydrogens is 214 g/mol. The van der Waals surface area contributed by atoms with E-state index in [1.807, 2.05) is 32.2 Å². The van der Waals surface area contributed by atoms with Crippen LogP contribution < -0.4 is 5.73 Å². The second kappa shape index (κ2) is 4.30. The van der Waals surface area contributed by atoms with Gasteiger partial charge in [-0.05, 0) is 49.7 Å². The molecule has 0 saturated carbocycles. The molecule has 0 fully saturated rings. The number of nitrogens with two attached hydrogens (primary N) is 1. The van der Waals surface area contributed by atoms with Gasteiger partial charge in [-0.1, -0.05) is 0 Å². The van der Waals surface area contributed by atoms with Gasteiger partial charge in [0.25, 0.3) is 0 Å². The summed E-state index contributed by atoms with van der Waals surface area (Å²) in [5.74, 6) is 0. The van der Waals surface area contributed by atoms with Crippen LogP contribution in [0.1, 0.15) is 20.3 Å². The van der Waals surface area contributed by atoms with E-state index in [4.69, 9.17) is 5.73 Å². The number of hydrogen-bond donors (Lipinski definition) is 1. The fraction of sp³-hybridized carbons (Fsp3) is 0.385. The maximum atomic E-state index is 10.4. The minimum atomic E-state index is -0.166.